The summed E-state index contributed by atoms with van der Waals surface area (Å²) in [5.74, 6) is 0.516. The van der Waals surface area contributed by atoms with Gasteiger partial charge in [-0.25, -0.2) is 0 Å². The Hall–Kier alpha value is -0.600. The highest BCUT2D eigenvalue weighted by molar-refractivity contribution is 5.34. The van der Waals surface area contributed by atoms with Crippen LogP contribution in [0.25, 0.3) is 0 Å². The van der Waals surface area contributed by atoms with Crippen molar-refractivity contribution in [1.82, 2.24) is 0 Å². The van der Waals surface area contributed by atoms with Crippen molar-refractivity contribution in [2.24, 2.45) is 22.2 Å². The van der Waals surface area contributed by atoms with Crippen molar-refractivity contribution >= 4 is 0 Å². The molecule has 2 nitrogen and oxygen atoms in total. The van der Waals surface area contributed by atoms with Crippen molar-refractivity contribution in [2.75, 3.05) is 0 Å². The second-order valence-corrected chi connectivity index (χ2v) is 9.07. The number of allylic oxidation sites excluding steroid dienone is 1. The molecule has 0 aliphatic heterocycles. The minimum atomic E-state index is -0.325. The summed E-state index contributed by atoms with van der Waals surface area (Å²) in [6, 6.07) is 0. The van der Waals surface area contributed by atoms with Crippen molar-refractivity contribution in [3.63, 3.8) is 0 Å². The van der Waals surface area contributed by atoms with Crippen LogP contribution in [0.3, 0.4) is 0 Å². The van der Waals surface area contributed by atoms with Crippen molar-refractivity contribution in [3.8, 4) is 0 Å². The summed E-state index contributed by atoms with van der Waals surface area (Å²) in [7, 11) is 0. The first-order valence-electron chi connectivity index (χ1n) is 8.86. The number of aliphatic hydroxyl groups excluding tert-OH is 2. The van der Waals surface area contributed by atoms with Crippen LogP contribution >= 0.6 is 0 Å². The van der Waals surface area contributed by atoms with Crippen molar-refractivity contribution in [3.05, 3.63) is 23.8 Å². The fourth-order valence-corrected chi connectivity index (χ4v) is 5.75. The van der Waals surface area contributed by atoms with Crippen LogP contribution in [0.5, 0.6) is 0 Å². The molecule has 124 valence electrons. The maximum absolute atomic E-state index is 10.7. The van der Waals surface area contributed by atoms with Crippen LogP contribution < -0.4 is 0 Å². The van der Waals surface area contributed by atoms with Gasteiger partial charge in [0.25, 0.3) is 0 Å². The van der Waals surface area contributed by atoms with Gasteiger partial charge in [0.15, 0.2) is 0 Å². The van der Waals surface area contributed by atoms with Crippen LogP contribution in [0.15, 0.2) is 23.8 Å². The van der Waals surface area contributed by atoms with E-state index in [0.29, 0.717) is 5.92 Å². The Kier molecular flexibility index (Phi) is 3.66. The largest absolute Gasteiger partial charge is 0.393 e. The Labute approximate surface area is 135 Å². The third-order valence-electron chi connectivity index (χ3n) is 7.53. The second-order valence-electron chi connectivity index (χ2n) is 9.07. The van der Waals surface area contributed by atoms with Gasteiger partial charge in [-0.2, -0.15) is 0 Å². The normalized spacial score (nSPS) is 47.6. The van der Waals surface area contributed by atoms with E-state index < -0.39 is 0 Å². The van der Waals surface area contributed by atoms with Gasteiger partial charge in [-0.15, -0.1) is 6.58 Å². The number of aliphatic hydroxyl groups is 2. The molecule has 1 fully saturated rings. The predicted octanol–water partition coefficient (Wildman–Crippen LogP) is 4.23. The molecule has 22 heavy (non-hydrogen) atoms. The Morgan fingerprint density at radius 3 is 2.41 bits per heavy atom. The molecule has 0 radical (unpaired) electrons. The first-order chi connectivity index (χ1) is 10.1. The van der Waals surface area contributed by atoms with Gasteiger partial charge in [0.1, 0.15) is 0 Å². The molecule has 0 aromatic heterocycles. The van der Waals surface area contributed by atoms with Crippen LogP contribution in [-0.4, -0.2) is 22.4 Å². The summed E-state index contributed by atoms with van der Waals surface area (Å²) < 4.78 is 0. The van der Waals surface area contributed by atoms with Crippen LogP contribution in [0.2, 0.25) is 0 Å². The average molecular weight is 304 g/mol. The highest BCUT2D eigenvalue weighted by atomic mass is 16.3. The molecule has 1 saturated carbocycles. The van der Waals surface area contributed by atoms with Crippen LogP contribution in [0.1, 0.15) is 66.2 Å². The Balaban J connectivity index is 2.02. The zero-order chi connectivity index (χ0) is 16.3. The van der Waals surface area contributed by atoms with Gasteiger partial charge in [0.05, 0.1) is 12.2 Å². The predicted molar refractivity (Wildman–Crippen MR) is 90.4 cm³/mol. The molecule has 0 unspecified atom stereocenters. The molecule has 0 aromatic rings. The number of hydrogen-bond acceptors (Lipinski definition) is 2. The third-order valence-corrected chi connectivity index (χ3v) is 7.53. The molecule has 0 bridgehead atoms. The van der Waals surface area contributed by atoms with E-state index in [1.54, 1.807) is 5.57 Å². The van der Waals surface area contributed by atoms with Gasteiger partial charge >= 0.3 is 0 Å². The molecule has 5 atom stereocenters. The lowest BCUT2D eigenvalue weighted by Crippen LogP contribution is -2.53. The number of rotatable bonds is 1. The van der Waals surface area contributed by atoms with Gasteiger partial charge in [-0.05, 0) is 55.3 Å². The summed E-state index contributed by atoms with van der Waals surface area (Å²) in [5, 5.41) is 21.2. The van der Waals surface area contributed by atoms with Crippen LogP contribution in [0.4, 0.5) is 0 Å². The van der Waals surface area contributed by atoms with E-state index in [1.165, 1.54) is 12.0 Å². The van der Waals surface area contributed by atoms with Crippen molar-refractivity contribution in [2.45, 2.75) is 78.4 Å². The first kappa shape index (κ1) is 16.3. The van der Waals surface area contributed by atoms with E-state index in [2.05, 4.69) is 34.3 Å². The number of fused-ring (bicyclic) bond motifs is 2. The highest BCUT2D eigenvalue weighted by Crippen LogP contribution is 2.62. The zero-order valence-electron chi connectivity index (χ0n) is 14.7. The van der Waals surface area contributed by atoms with E-state index >= 15 is 0 Å². The summed E-state index contributed by atoms with van der Waals surface area (Å²) in [6.07, 6.45) is 7.41. The molecular weight excluding hydrogens is 272 g/mol. The average Bonchev–Trinajstić information content (AvgIpc) is 2.46. The SMILES string of the molecule is C=C[C@]1(C)CC2=C(C[C@H]1O)[C@]1(C)CC[C@@H](O)C(C)(C)[C@H]1CC2. The Morgan fingerprint density at radius 2 is 1.77 bits per heavy atom. The Bertz CT molecular complexity index is 518. The molecule has 3 aliphatic carbocycles. The maximum Gasteiger partial charge on any atom is 0.0668 e. The van der Waals surface area contributed by atoms with Gasteiger partial charge < -0.3 is 10.2 Å². The van der Waals surface area contributed by atoms with Gasteiger partial charge in [0.2, 0.25) is 0 Å². The maximum atomic E-state index is 10.7. The molecular formula is C20H32O2. The molecule has 0 aromatic carbocycles. The minimum Gasteiger partial charge on any atom is -0.393 e. The third kappa shape index (κ3) is 2.06. The smallest absolute Gasteiger partial charge is 0.0668 e. The van der Waals surface area contributed by atoms with E-state index in [4.69, 9.17) is 0 Å². The molecule has 0 amide bonds. The van der Waals surface area contributed by atoms with E-state index in [1.807, 2.05) is 6.08 Å². The van der Waals surface area contributed by atoms with E-state index in [-0.39, 0.29) is 28.5 Å². The van der Waals surface area contributed by atoms with E-state index in [9.17, 15) is 10.2 Å². The van der Waals surface area contributed by atoms with Crippen molar-refractivity contribution < 1.29 is 10.2 Å². The fourth-order valence-electron chi connectivity index (χ4n) is 5.75. The lowest BCUT2D eigenvalue weighted by atomic mass is 9.47. The summed E-state index contributed by atoms with van der Waals surface area (Å²) in [5.41, 5.74) is 3.02. The molecule has 0 spiro atoms. The summed E-state index contributed by atoms with van der Waals surface area (Å²) in [4.78, 5) is 0. The molecule has 2 heteroatoms. The van der Waals surface area contributed by atoms with Crippen LogP contribution in [0, 0.1) is 22.2 Å². The molecule has 0 saturated heterocycles. The standard InChI is InChI=1S/C20H32O2/c1-6-19(4)12-13-7-8-15-18(2,3)16(21)9-10-20(15,5)14(13)11-17(19)22/h6,15-17,21-22H,1,7-12H2,2-5H3/t15-,16-,17-,19-,20+/m1/s1. The topological polar surface area (TPSA) is 40.5 Å². The quantitative estimate of drug-likeness (QED) is 0.712. The van der Waals surface area contributed by atoms with E-state index in [0.717, 1.165) is 32.1 Å². The monoisotopic (exact) mass is 304 g/mol. The highest BCUT2D eigenvalue weighted by Gasteiger charge is 2.55. The Morgan fingerprint density at radius 1 is 1.09 bits per heavy atom. The summed E-state index contributed by atoms with van der Waals surface area (Å²) >= 11 is 0. The number of hydrogen-bond donors (Lipinski definition) is 2. The first-order valence-corrected chi connectivity index (χ1v) is 8.86. The van der Waals surface area contributed by atoms with Gasteiger partial charge in [-0.3, -0.25) is 0 Å². The lowest BCUT2D eigenvalue weighted by Gasteiger charge is -2.59. The van der Waals surface area contributed by atoms with Gasteiger partial charge in [-0.1, -0.05) is 44.9 Å². The lowest BCUT2D eigenvalue weighted by molar-refractivity contribution is -0.0945. The van der Waals surface area contributed by atoms with Crippen molar-refractivity contribution in [1.29, 1.82) is 0 Å². The van der Waals surface area contributed by atoms with Crippen LogP contribution in [-0.2, 0) is 0 Å². The fraction of sp³-hybridized carbons (Fsp3) is 0.800. The zero-order valence-corrected chi connectivity index (χ0v) is 14.7. The molecule has 2 N–H and O–H groups in total. The molecule has 3 aliphatic rings. The second kappa shape index (κ2) is 4.95. The summed E-state index contributed by atoms with van der Waals surface area (Å²) in [6.45, 7) is 13.0. The molecule has 0 heterocycles. The van der Waals surface area contributed by atoms with Gasteiger partial charge in [0, 0.05) is 5.41 Å². The minimum absolute atomic E-state index is 0.0321. The molecule has 3 rings (SSSR count).